The second-order valence-electron chi connectivity index (χ2n) is 15.9. The lowest BCUT2D eigenvalue weighted by atomic mass is 9.79. The first kappa shape index (κ1) is 31.3. The van der Waals surface area contributed by atoms with Crippen LogP contribution in [0.5, 0.6) is 0 Å². The van der Waals surface area contributed by atoms with Crippen molar-refractivity contribution in [1.82, 2.24) is 9.38 Å². The number of benzene rings is 9. The topological polar surface area (TPSA) is 17.3 Å². The Balaban J connectivity index is 1.15. The van der Waals surface area contributed by atoms with E-state index in [1.807, 2.05) is 0 Å². The predicted molar refractivity (Wildman–Crippen MR) is 237 cm³/mol. The van der Waals surface area contributed by atoms with Crippen LogP contribution in [0.3, 0.4) is 0 Å². The largest absolute Gasteiger partial charge is 0.306 e. The van der Waals surface area contributed by atoms with Gasteiger partial charge in [-0.05, 0) is 117 Å². The fourth-order valence-corrected chi connectivity index (χ4v) is 9.89. The Morgan fingerprint density at radius 3 is 1.82 bits per heavy atom. The highest BCUT2D eigenvalue weighted by atomic mass is 15.0. The Morgan fingerprint density at radius 1 is 0.411 bits per heavy atom. The van der Waals surface area contributed by atoms with Crippen LogP contribution in [-0.2, 0) is 5.41 Å². The third-order valence-electron chi connectivity index (χ3n) is 12.6. The first-order chi connectivity index (χ1) is 27.5. The first-order valence-corrected chi connectivity index (χ1v) is 19.5. The Hall–Kier alpha value is -7.03. The van der Waals surface area contributed by atoms with E-state index < -0.39 is 0 Å². The quantitative estimate of drug-likeness (QED) is 0.132. The molecule has 0 atom stereocenters. The van der Waals surface area contributed by atoms with E-state index in [0.29, 0.717) is 0 Å². The van der Waals surface area contributed by atoms with Crippen molar-refractivity contribution in [1.29, 1.82) is 0 Å². The Kier molecular flexibility index (Phi) is 6.43. The third-order valence-corrected chi connectivity index (χ3v) is 12.6. The van der Waals surface area contributed by atoms with E-state index in [9.17, 15) is 0 Å². The van der Waals surface area contributed by atoms with Crippen molar-refractivity contribution in [2.75, 3.05) is 0 Å². The fourth-order valence-electron chi connectivity index (χ4n) is 9.89. The van der Waals surface area contributed by atoms with Crippen molar-refractivity contribution < 1.29 is 0 Å². The summed E-state index contributed by atoms with van der Waals surface area (Å²) in [5.41, 5.74) is 13.4. The molecule has 262 valence electrons. The zero-order valence-corrected chi connectivity index (χ0v) is 31.2. The van der Waals surface area contributed by atoms with E-state index in [0.717, 1.165) is 22.3 Å². The van der Waals surface area contributed by atoms with Crippen molar-refractivity contribution in [2.45, 2.75) is 19.3 Å². The molecular formula is C54H36N2. The van der Waals surface area contributed by atoms with Crippen LogP contribution in [0.4, 0.5) is 0 Å². The zero-order chi connectivity index (χ0) is 37.1. The average molecular weight is 713 g/mol. The number of nitrogens with zero attached hydrogens (tertiary/aromatic N) is 2. The van der Waals surface area contributed by atoms with Crippen molar-refractivity contribution in [3.63, 3.8) is 0 Å². The summed E-state index contributed by atoms with van der Waals surface area (Å²) >= 11 is 0. The molecule has 2 nitrogen and oxygen atoms in total. The zero-order valence-electron chi connectivity index (χ0n) is 31.2. The minimum Gasteiger partial charge on any atom is -0.306 e. The molecule has 56 heavy (non-hydrogen) atoms. The van der Waals surface area contributed by atoms with Crippen LogP contribution in [0.2, 0.25) is 0 Å². The molecule has 2 aromatic heterocycles. The van der Waals surface area contributed by atoms with Gasteiger partial charge in [0, 0.05) is 28.8 Å². The number of aromatic nitrogens is 2. The number of fused-ring (bicyclic) bond motifs is 11. The minimum atomic E-state index is -0.129. The molecule has 0 N–H and O–H groups in total. The van der Waals surface area contributed by atoms with Crippen LogP contribution in [0.15, 0.2) is 182 Å². The van der Waals surface area contributed by atoms with E-state index >= 15 is 0 Å². The van der Waals surface area contributed by atoms with Crippen LogP contribution in [0.1, 0.15) is 25.0 Å². The van der Waals surface area contributed by atoms with Crippen LogP contribution < -0.4 is 0 Å². The van der Waals surface area contributed by atoms with Gasteiger partial charge in [-0.1, -0.05) is 159 Å². The summed E-state index contributed by atoms with van der Waals surface area (Å²) in [4.78, 5) is 5.14. The van der Waals surface area contributed by atoms with E-state index in [-0.39, 0.29) is 5.41 Å². The lowest BCUT2D eigenvalue weighted by Gasteiger charge is -2.24. The highest BCUT2D eigenvalue weighted by Gasteiger charge is 2.36. The Labute approximate surface area is 324 Å². The number of hydrogen-bond acceptors (Lipinski definition) is 1. The van der Waals surface area contributed by atoms with Gasteiger partial charge in [-0.25, -0.2) is 4.98 Å². The van der Waals surface area contributed by atoms with E-state index in [1.165, 1.54) is 93.0 Å². The molecule has 0 aliphatic heterocycles. The highest BCUT2D eigenvalue weighted by Crippen LogP contribution is 2.54. The summed E-state index contributed by atoms with van der Waals surface area (Å²) in [6, 6.07) is 63.0. The fraction of sp³-hybridized carbons (Fsp3) is 0.0556. The normalized spacial score (nSPS) is 13.3. The summed E-state index contributed by atoms with van der Waals surface area (Å²) in [6.07, 6.45) is 4.26. The second-order valence-corrected chi connectivity index (χ2v) is 15.9. The molecule has 12 rings (SSSR count). The van der Waals surface area contributed by atoms with Gasteiger partial charge in [0.15, 0.2) is 0 Å². The van der Waals surface area contributed by atoms with Crippen molar-refractivity contribution in [2.24, 2.45) is 0 Å². The smallest absolute Gasteiger partial charge is 0.145 e. The molecule has 9 aromatic carbocycles. The van der Waals surface area contributed by atoms with Gasteiger partial charge < -0.3 is 4.40 Å². The molecule has 2 heterocycles. The number of imidazole rings is 1. The lowest BCUT2D eigenvalue weighted by molar-refractivity contribution is 0.661. The summed E-state index contributed by atoms with van der Waals surface area (Å²) in [7, 11) is 0. The average Bonchev–Trinajstić information content (AvgIpc) is 3.79. The molecule has 2 heteroatoms. The summed E-state index contributed by atoms with van der Waals surface area (Å²) in [6.45, 7) is 4.77. The maximum absolute atomic E-state index is 5.14. The van der Waals surface area contributed by atoms with Crippen LogP contribution in [0.25, 0.3) is 104 Å². The predicted octanol–water partition coefficient (Wildman–Crippen LogP) is 14.4. The molecule has 1 aliphatic carbocycles. The molecule has 0 saturated heterocycles. The highest BCUT2D eigenvalue weighted by molar-refractivity contribution is 6.26. The van der Waals surface area contributed by atoms with Gasteiger partial charge in [0.25, 0.3) is 0 Å². The number of pyridine rings is 1. The summed E-state index contributed by atoms with van der Waals surface area (Å²) in [5.74, 6) is 0. The SMILES string of the molecule is CC1(C)c2ccccc2-c2cc3c(-c4cc5ccccc5c5ccccc45)c4ccccc4c(-c4ccc(-c5cn6ccc7ccccc7c6n5)cc4)c3cc21. The molecule has 0 radical (unpaired) electrons. The van der Waals surface area contributed by atoms with Gasteiger partial charge in [0.1, 0.15) is 5.65 Å². The maximum atomic E-state index is 5.14. The lowest BCUT2D eigenvalue weighted by Crippen LogP contribution is -2.14. The maximum Gasteiger partial charge on any atom is 0.145 e. The van der Waals surface area contributed by atoms with Gasteiger partial charge >= 0.3 is 0 Å². The molecule has 0 bridgehead atoms. The third kappa shape index (κ3) is 4.36. The number of hydrogen-bond donors (Lipinski definition) is 0. The van der Waals surface area contributed by atoms with Crippen LogP contribution in [0, 0.1) is 0 Å². The molecule has 11 aromatic rings. The molecule has 0 spiro atoms. The van der Waals surface area contributed by atoms with Gasteiger partial charge in [0.2, 0.25) is 0 Å². The first-order valence-electron chi connectivity index (χ1n) is 19.5. The van der Waals surface area contributed by atoms with Gasteiger partial charge in [-0.3, -0.25) is 0 Å². The van der Waals surface area contributed by atoms with Gasteiger partial charge in [-0.2, -0.15) is 0 Å². The van der Waals surface area contributed by atoms with E-state index in [1.54, 1.807) is 0 Å². The molecule has 0 unspecified atom stereocenters. The molecular weight excluding hydrogens is 677 g/mol. The van der Waals surface area contributed by atoms with Gasteiger partial charge in [0.05, 0.1) is 5.69 Å². The van der Waals surface area contributed by atoms with Gasteiger partial charge in [-0.15, -0.1) is 0 Å². The van der Waals surface area contributed by atoms with E-state index in [2.05, 4.69) is 201 Å². The monoisotopic (exact) mass is 712 g/mol. The molecule has 1 aliphatic rings. The van der Waals surface area contributed by atoms with E-state index in [4.69, 9.17) is 4.98 Å². The molecule has 0 saturated carbocycles. The van der Waals surface area contributed by atoms with Crippen molar-refractivity contribution >= 4 is 59.5 Å². The molecule has 0 fully saturated rings. The van der Waals surface area contributed by atoms with Crippen LogP contribution >= 0.6 is 0 Å². The molecule has 0 amide bonds. The Bertz CT molecular complexity index is 3440. The van der Waals surface area contributed by atoms with Crippen molar-refractivity contribution in [3.8, 4) is 44.6 Å². The minimum absolute atomic E-state index is 0.129. The summed E-state index contributed by atoms with van der Waals surface area (Å²) in [5, 5.41) is 12.5. The standard InChI is InChI=1S/C54H36N2/c1-54(2)48-22-12-11-19-41(48)44-30-46-47(31-49(44)54)51(35-25-23-34(24-26-35)50-32-56-28-27-33-13-3-6-16-38(33)53(56)55-50)42-20-9-10-21-43(42)52(46)45-29-36-14-4-5-15-37(36)39-17-7-8-18-40(39)45/h3-32H,1-2H3. The Morgan fingerprint density at radius 2 is 1.02 bits per heavy atom. The van der Waals surface area contributed by atoms with Crippen LogP contribution in [-0.4, -0.2) is 9.38 Å². The number of rotatable bonds is 3. The van der Waals surface area contributed by atoms with Crippen molar-refractivity contribution in [3.05, 3.63) is 193 Å². The second kappa shape index (κ2) is 11.5. The summed E-state index contributed by atoms with van der Waals surface area (Å²) < 4.78 is 2.14.